The van der Waals surface area contributed by atoms with Gasteiger partial charge in [-0.3, -0.25) is 14.4 Å². The molecule has 0 heterocycles. The fourth-order valence-electron chi connectivity index (χ4n) is 3.20. The number of aliphatic carboxylic acids is 3. The van der Waals surface area contributed by atoms with Crippen molar-refractivity contribution in [2.75, 3.05) is 0 Å². The quantitative estimate of drug-likeness (QED) is 0.432. The Morgan fingerprint density at radius 3 is 2.08 bits per heavy atom. The Labute approximate surface area is 153 Å². The van der Waals surface area contributed by atoms with Crippen LogP contribution in [0.5, 0.6) is 0 Å². The summed E-state index contributed by atoms with van der Waals surface area (Å²) in [6.45, 7) is 0. The van der Waals surface area contributed by atoms with E-state index in [0.29, 0.717) is 12.8 Å². The maximum atomic E-state index is 11.4. The highest BCUT2D eigenvalue weighted by Crippen LogP contribution is 2.25. The van der Waals surface area contributed by atoms with E-state index in [-0.39, 0.29) is 18.8 Å². The van der Waals surface area contributed by atoms with Crippen LogP contribution in [0, 0.1) is 11.8 Å². The lowest BCUT2D eigenvalue weighted by Crippen LogP contribution is -2.22. The van der Waals surface area contributed by atoms with Crippen LogP contribution in [0.2, 0.25) is 0 Å². The molecule has 3 N–H and O–H groups in total. The van der Waals surface area contributed by atoms with E-state index < -0.39 is 23.8 Å². The maximum absolute atomic E-state index is 11.4. The number of hydrogen-bond acceptors (Lipinski definition) is 3. The molecule has 6 nitrogen and oxygen atoms in total. The third-order valence-electron chi connectivity index (χ3n) is 4.51. The number of hydrogen-bond donors (Lipinski definition) is 3. The number of carbonyl (C=O) groups is 3. The molecule has 1 rings (SSSR count). The highest BCUT2D eigenvalue weighted by atomic mass is 16.4. The first kappa shape index (κ1) is 21.7. The molecule has 2 atom stereocenters. The molecule has 2 unspecified atom stereocenters. The smallest absolute Gasteiger partial charge is 0.307 e. The summed E-state index contributed by atoms with van der Waals surface area (Å²) in [7, 11) is 0. The number of carboxylic acid groups (broad SMARTS) is 3. The fourth-order valence-corrected chi connectivity index (χ4v) is 3.20. The lowest BCUT2D eigenvalue weighted by atomic mass is 9.84. The van der Waals surface area contributed by atoms with Crippen LogP contribution in [-0.2, 0) is 20.8 Å². The van der Waals surface area contributed by atoms with Crippen LogP contribution in [0.25, 0.3) is 0 Å². The van der Waals surface area contributed by atoms with Gasteiger partial charge in [0, 0.05) is 6.42 Å². The molecule has 1 aromatic carbocycles. The fraction of sp³-hybridized carbons (Fsp3) is 0.550. The van der Waals surface area contributed by atoms with E-state index in [2.05, 4.69) is 0 Å². The van der Waals surface area contributed by atoms with Crippen LogP contribution >= 0.6 is 0 Å². The van der Waals surface area contributed by atoms with Crippen molar-refractivity contribution >= 4 is 17.9 Å². The first-order valence-corrected chi connectivity index (χ1v) is 9.08. The first-order valence-electron chi connectivity index (χ1n) is 9.08. The molecule has 0 saturated carbocycles. The molecule has 0 saturated heterocycles. The molecule has 0 amide bonds. The van der Waals surface area contributed by atoms with Crippen LogP contribution in [-0.4, -0.2) is 33.2 Å². The zero-order chi connectivity index (χ0) is 19.4. The van der Waals surface area contributed by atoms with Gasteiger partial charge < -0.3 is 15.3 Å². The molecule has 6 heteroatoms. The van der Waals surface area contributed by atoms with E-state index in [1.165, 1.54) is 0 Å². The summed E-state index contributed by atoms with van der Waals surface area (Å²) >= 11 is 0. The second-order valence-electron chi connectivity index (χ2n) is 6.77. The molecule has 0 fully saturated rings. The van der Waals surface area contributed by atoms with Crippen LogP contribution in [0.15, 0.2) is 30.3 Å². The van der Waals surface area contributed by atoms with Crippen LogP contribution in [0.4, 0.5) is 0 Å². The highest BCUT2D eigenvalue weighted by Gasteiger charge is 2.25. The number of unbranched alkanes of at least 4 members (excludes halogenated alkanes) is 3. The molecule has 0 bridgehead atoms. The van der Waals surface area contributed by atoms with Crippen molar-refractivity contribution in [3.05, 3.63) is 35.9 Å². The summed E-state index contributed by atoms with van der Waals surface area (Å²) in [6, 6.07) is 9.78. The third kappa shape index (κ3) is 9.81. The normalized spacial score (nSPS) is 13.1. The number of carboxylic acids is 3. The molecule has 0 aliphatic rings. The molecule has 26 heavy (non-hydrogen) atoms. The summed E-state index contributed by atoms with van der Waals surface area (Å²) in [5.74, 6) is -3.73. The van der Waals surface area contributed by atoms with Gasteiger partial charge in [0.05, 0.1) is 12.3 Å². The second kappa shape index (κ2) is 12.1. The van der Waals surface area contributed by atoms with E-state index in [0.717, 1.165) is 37.7 Å². The summed E-state index contributed by atoms with van der Waals surface area (Å²) in [5.41, 5.74) is 1.11. The van der Waals surface area contributed by atoms with E-state index in [9.17, 15) is 19.5 Å². The lowest BCUT2D eigenvalue weighted by molar-refractivity contribution is -0.148. The molecule has 0 aliphatic heterocycles. The van der Waals surface area contributed by atoms with Crippen molar-refractivity contribution in [3.63, 3.8) is 0 Å². The van der Waals surface area contributed by atoms with E-state index in [1.54, 1.807) is 0 Å². The monoisotopic (exact) mass is 364 g/mol. The van der Waals surface area contributed by atoms with Crippen molar-refractivity contribution in [1.82, 2.24) is 0 Å². The largest absolute Gasteiger partial charge is 0.481 e. The minimum atomic E-state index is -1.09. The van der Waals surface area contributed by atoms with E-state index in [4.69, 9.17) is 10.2 Å². The Morgan fingerprint density at radius 2 is 1.50 bits per heavy atom. The van der Waals surface area contributed by atoms with Gasteiger partial charge in [0.15, 0.2) is 0 Å². The average Bonchev–Trinajstić information content (AvgIpc) is 2.57. The molecule has 1 aromatic rings. The molecular weight excluding hydrogens is 336 g/mol. The van der Waals surface area contributed by atoms with Gasteiger partial charge in [-0.25, -0.2) is 0 Å². The first-order chi connectivity index (χ1) is 12.4. The lowest BCUT2D eigenvalue weighted by Gasteiger charge is -2.20. The van der Waals surface area contributed by atoms with Crippen molar-refractivity contribution < 1.29 is 29.7 Å². The van der Waals surface area contributed by atoms with Crippen LogP contribution in [0.3, 0.4) is 0 Å². The zero-order valence-corrected chi connectivity index (χ0v) is 15.0. The van der Waals surface area contributed by atoms with Gasteiger partial charge in [-0.15, -0.1) is 0 Å². The minimum absolute atomic E-state index is 0.0947. The predicted molar refractivity (Wildman–Crippen MR) is 97.0 cm³/mol. The van der Waals surface area contributed by atoms with E-state index in [1.807, 2.05) is 30.3 Å². The molecule has 0 aromatic heterocycles. The Bertz CT molecular complexity index is 569. The van der Waals surface area contributed by atoms with Gasteiger partial charge in [0.2, 0.25) is 0 Å². The molecular formula is C20H28O6. The third-order valence-corrected chi connectivity index (χ3v) is 4.51. The highest BCUT2D eigenvalue weighted by molar-refractivity contribution is 5.77. The second-order valence-corrected chi connectivity index (χ2v) is 6.77. The van der Waals surface area contributed by atoms with Gasteiger partial charge in [0.25, 0.3) is 0 Å². The number of benzene rings is 1. The van der Waals surface area contributed by atoms with Gasteiger partial charge in [-0.2, -0.15) is 0 Å². The Hall–Kier alpha value is -2.37. The average molecular weight is 364 g/mol. The topological polar surface area (TPSA) is 112 Å². The Morgan fingerprint density at radius 1 is 0.846 bits per heavy atom. The van der Waals surface area contributed by atoms with Crippen molar-refractivity contribution in [1.29, 1.82) is 0 Å². The van der Waals surface area contributed by atoms with Gasteiger partial charge >= 0.3 is 17.9 Å². The Balaban J connectivity index is 2.58. The Kier molecular flexibility index (Phi) is 10.1. The predicted octanol–water partition coefficient (Wildman–Crippen LogP) is 3.84. The number of rotatable bonds is 14. The SMILES string of the molecule is O=C(O)CCCCCCC(Cc1ccccc1)CC(CC(=O)O)C(=O)O. The summed E-state index contributed by atoms with van der Waals surface area (Å²) in [6.07, 6.45) is 4.95. The van der Waals surface area contributed by atoms with Gasteiger partial charge in [-0.05, 0) is 30.7 Å². The van der Waals surface area contributed by atoms with Gasteiger partial charge in [-0.1, -0.05) is 56.0 Å². The maximum Gasteiger partial charge on any atom is 0.307 e. The van der Waals surface area contributed by atoms with Crippen LogP contribution < -0.4 is 0 Å². The minimum Gasteiger partial charge on any atom is -0.481 e. The molecule has 0 spiro atoms. The van der Waals surface area contributed by atoms with Crippen LogP contribution in [0.1, 0.15) is 56.9 Å². The summed E-state index contributed by atoms with van der Waals surface area (Å²) < 4.78 is 0. The summed E-state index contributed by atoms with van der Waals surface area (Å²) in [4.78, 5) is 32.8. The van der Waals surface area contributed by atoms with E-state index >= 15 is 0 Å². The standard InChI is InChI=1S/C20H28O6/c21-18(22)11-7-2-1-4-10-16(12-15-8-5-3-6-9-15)13-17(20(25)26)14-19(23)24/h3,5-6,8-9,16-17H,1-2,4,7,10-14H2,(H,21,22)(H,23,24)(H,25,26). The van der Waals surface area contributed by atoms with Gasteiger partial charge in [0.1, 0.15) is 0 Å². The summed E-state index contributed by atoms with van der Waals surface area (Å²) in [5, 5.41) is 26.9. The van der Waals surface area contributed by atoms with Crippen molar-refractivity contribution in [3.8, 4) is 0 Å². The van der Waals surface area contributed by atoms with Crippen molar-refractivity contribution in [2.45, 2.75) is 57.8 Å². The zero-order valence-electron chi connectivity index (χ0n) is 15.0. The van der Waals surface area contributed by atoms with Crippen molar-refractivity contribution in [2.24, 2.45) is 11.8 Å². The molecule has 0 aliphatic carbocycles. The molecule has 144 valence electrons. The molecule has 0 radical (unpaired) electrons.